The molecule has 0 aliphatic rings. The van der Waals surface area contributed by atoms with Crippen molar-refractivity contribution >= 4 is 18.0 Å². The molecule has 0 saturated carbocycles. The summed E-state index contributed by atoms with van der Waals surface area (Å²) in [5.41, 5.74) is 0. The van der Waals surface area contributed by atoms with Gasteiger partial charge in [-0.2, -0.15) is 0 Å². The lowest BCUT2D eigenvalue weighted by Gasteiger charge is -2.32. The van der Waals surface area contributed by atoms with Crippen LogP contribution in [0.15, 0.2) is 0 Å². The smallest absolute Gasteiger partial charge is 0.325 e. The van der Waals surface area contributed by atoms with E-state index in [2.05, 4.69) is 0 Å². The first-order chi connectivity index (χ1) is 9.87. The minimum Gasteiger partial charge on any atom is -0.481 e. The molecule has 122 valence electrons. The number of carbonyl (C=O) groups excluding carboxylic acids is 2. The van der Waals surface area contributed by atoms with E-state index in [1.807, 2.05) is 6.92 Å². The monoisotopic (exact) mass is 302 g/mol. The number of amides is 2. The Kier molecular flexibility index (Phi) is 9.16. The number of aliphatic carboxylic acids is 1. The van der Waals surface area contributed by atoms with Crippen LogP contribution >= 0.6 is 0 Å². The van der Waals surface area contributed by atoms with Gasteiger partial charge in [0.15, 0.2) is 0 Å². The van der Waals surface area contributed by atoms with Crippen molar-refractivity contribution in [3.8, 4) is 0 Å². The first-order valence-electron chi connectivity index (χ1n) is 7.30. The van der Waals surface area contributed by atoms with Gasteiger partial charge in [-0.25, -0.2) is 4.79 Å². The van der Waals surface area contributed by atoms with E-state index in [1.54, 1.807) is 20.8 Å². The van der Waals surface area contributed by atoms with E-state index in [0.29, 0.717) is 19.5 Å². The molecule has 0 aromatic heterocycles. The quantitative estimate of drug-likeness (QED) is 0.653. The predicted molar refractivity (Wildman–Crippen MR) is 78.0 cm³/mol. The van der Waals surface area contributed by atoms with Crippen molar-refractivity contribution in [1.82, 2.24) is 9.80 Å². The van der Waals surface area contributed by atoms with E-state index < -0.39 is 18.0 Å². The molecule has 0 radical (unpaired) electrons. The Balaban J connectivity index is 4.88. The molecule has 0 aromatic carbocycles. The van der Waals surface area contributed by atoms with Gasteiger partial charge in [-0.15, -0.1) is 0 Å². The molecule has 0 aromatic rings. The highest BCUT2D eigenvalue weighted by atomic mass is 16.5. The highest BCUT2D eigenvalue weighted by Gasteiger charge is 2.26. The summed E-state index contributed by atoms with van der Waals surface area (Å²) in [5.74, 6) is -1.41. The summed E-state index contributed by atoms with van der Waals surface area (Å²) >= 11 is 0. The predicted octanol–water partition coefficient (Wildman–Crippen LogP) is 1.57. The largest absolute Gasteiger partial charge is 0.481 e. The summed E-state index contributed by atoms with van der Waals surface area (Å²) in [6, 6.07) is -0.761. The second-order valence-corrected chi connectivity index (χ2v) is 4.74. The Bertz CT molecular complexity index is 359. The number of esters is 1. The molecule has 0 saturated heterocycles. The standard InChI is InChI=1S/C14H26N2O5/c1-5-8-15(10-13(19)21-7-3)14(20)16(6-2)11(4)9-12(17)18/h11H,5-10H2,1-4H3,(H,17,18). The lowest BCUT2D eigenvalue weighted by molar-refractivity contribution is -0.144. The van der Waals surface area contributed by atoms with E-state index in [1.165, 1.54) is 9.80 Å². The first kappa shape index (κ1) is 19.2. The van der Waals surface area contributed by atoms with Gasteiger partial charge >= 0.3 is 18.0 Å². The van der Waals surface area contributed by atoms with Crippen LogP contribution in [0, 0.1) is 0 Å². The van der Waals surface area contributed by atoms with Gasteiger partial charge in [0.1, 0.15) is 6.54 Å². The van der Waals surface area contributed by atoms with Gasteiger partial charge in [0.2, 0.25) is 0 Å². The van der Waals surface area contributed by atoms with Crippen LogP contribution in [0.4, 0.5) is 4.79 Å². The van der Waals surface area contributed by atoms with Crippen molar-refractivity contribution in [1.29, 1.82) is 0 Å². The average molecular weight is 302 g/mol. The van der Waals surface area contributed by atoms with Gasteiger partial charge in [-0.1, -0.05) is 6.92 Å². The van der Waals surface area contributed by atoms with Crippen molar-refractivity contribution in [3.05, 3.63) is 0 Å². The van der Waals surface area contributed by atoms with Crippen molar-refractivity contribution in [2.24, 2.45) is 0 Å². The number of urea groups is 1. The first-order valence-corrected chi connectivity index (χ1v) is 7.30. The van der Waals surface area contributed by atoms with Crippen molar-refractivity contribution < 1.29 is 24.2 Å². The summed E-state index contributed by atoms with van der Waals surface area (Å²) in [6.07, 6.45) is 0.578. The average Bonchev–Trinajstić information content (AvgIpc) is 2.38. The summed E-state index contributed by atoms with van der Waals surface area (Å²) in [5, 5.41) is 8.84. The number of rotatable bonds is 9. The van der Waals surface area contributed by atoms with E-state index in [0.717, 1.165) is 0 Å². The highest BCUT2D eigenvalue weighted by Crippen LogP contribution is 2.09. The Morgan fingerprint density at radius 2 is 1.81 bits per heavy atom. The maximum absolute atomic E-state index is 12.5. The minimum absolute atomic E-state index is 0.114. The van der Waals surface area contributed by atoms with E-state index in [9.17, 15) is 14.4 Å². The number of carboxylic acids is 1. The molecule has 1 N–H and O–H groups in total. The van der Waals surface area contributed by atoms with Gasteiger partial charge < -0.3 is 19.6 Å². The minimum atomic E-state index is -0.957. The van der Waals surface area contributed by atoms with Gasteiger partial charge in [0.05, 0.1) is 13.0 Å². The Morgan fingerprint density at radius 1 is 1.19 bits per heavy atom. The third kappa shape index (κ3) is 6.97. The number of hydrogen-bond donors (Lipinski definition) is 1. The van der Waals surface area contributed by atoms with Gasteiger partial charge in [0, 0.05) is 19.1 Å². The van der Waals surface area contributed by atoms with E-state index in [-0.39, 0.29) is 25.6 Å². The Hall–Kier alpha value is -1.79. The summed E-state index contributed by atoms with van der Waals surface area (Å²) in [6.45, 7) is 8.04. The molecular weight excluding hydrogens is 276 g/mol. The van der Waals surface area contributed by atoms with E-state index in [4.69, 9.17) is 9.84 Å². The molecule has 21 heavy (non-hydrogen) atoms. The summed E-state index contributed by atoms with van der Waals surface area (Å²) in [7, 11) is 0. The van der Waals surface area contributed by atoms with Crippen LogP contribution in [0.3, 0.4) is 0 Å². The van der Waals surface area contributed by atoms with Gasteiger partial charge in [-0.05, 0) is 27.2 Å². The van der Waals surface area contributed by atoms with Crippen LogP contribution in [0.1, 0.15) is 40.5 Å². The summed E-state index contributed by atoms with van der Waals surface area (Å²) < 4.78 is 4.86. The lowest BCUT2D eigenvalue weighted by atomic mass is 10.2. The normalized spacial score (nSPS) is 11.6. The van der Waals surface area contributed by atoms with Crippen molar-refractivity contribution in [2.75, 3.05) is 26.2 Å². The fourth-order valence-corrected chi connectivity index (χ4v) is 2.05. The van der Waals surface area contributed by atoms with Crippen LogP contribution in [0.25, 0.3) is 0 Å². The molecule has 1 atom stereocenters. The molecule has 7 heteroatoms. The Morgan fingerprint density at radius 3 is 2.24 bits per heavy atom. The van der Waals surface area contributed by atoms with Crippen LogP contribution in [-0.2, 0) is 14.3 Å². The molecule has 0 aliphatic carbocycles. The molecule has 1 unspecified atom stereocenters. The molecule has 0 bridgehead atoms. The molecule has 0 aliphatic heterocycles. The van der Waals surface area contributed by atoms with Crippen LogP contribution in [0.2, 0.25) is 0 Å². The maximum atomic E-state index is 12.5. The zero-order chi connectivity index (χ0) is 16.4. The number of hydrogen-bond acceptors (Lipinski definition) is 4. The topological polar surface area (TPSA) is 87.2 Å². The zero-order valence-corrected chi connectivity index (χ0v) is 13.3. The lowest BCUT2D eigenvalue weighted by Crippen LogP contribution is -2.49. The van der Waals surface area contributed by atoms with Crippen molar-refractivity contribution in [3.63, 3.8) is 0 Å². The molecule has 0 fully saturated rings. The number of carboxylic acid groups (broad SMARTS) is 1. The molecule has 7 nitrogen and oxygen atoms in total. The fraction of sp³-hybridized carbons (Fsp3) is 0.786. The number of ether oxygens (including phenoxy) is 1. The van der Waals surface area contributed by atoms with Gasteiger partial charge in [0.25, 0.3) is 0 Å². The van der Waals surface area contributed by atoms with Crippen LogP contribution in [-0.4, -0.2) is 65.2 Å². The van der Waals surface area contributed by atoms with Crippen molar-refractivity contribution in [2.45, 2.75) is 46.6 Å². The number of nitrogens with zero attached hydrogens (tertiary/aromatic N) is 2. The van der Waals surface area contributed by atoms with Crippen LogP contribution < -0.4 is 0 Å². The van der Waals surface area contributed by atoms with Gasteiger partial charge in [-0.3, -0.25) is 9.59 Å². The fourth-order valence-electron chi connectivity index (χ4n) is 2.05. The molecule has 0 spiro atoms. The third-order valence-electron chi connectivity index (χ3n) is 2.98. The SMILES string of the molecule is CCCN(CC(=O)OCC)C(=O)N(CC)C(C)CC(=O)O. The van der Waals surface area contributed by atoms with E-state index >= 15 is 0 Å². The highest BCUT2D eigenvalue weighted by molar-refractivity contribution is 5.81. The Labute approximate surface area is 125 Å². The summed E-state index contributed by atoms with van der Waals surface area (Å²) in [4.78, 5) is 37.7. The molecule has 2 amide bonds. The molecular formula is C14H26N2O5. The number of carbonyl (C=O) groups is 3. The second-order valence-electron chi connectivity index (χ2n) is 4.74. The molecule has 0 rings (SSSR count). The molecule has 0 heterocycles. The zero-order valence-electron chi connectivity index (χ0n) is 13.3. The van der Waals surface area contributed by atoms with Crippen LogP contribution in [0.5, 0.6) is 0 Å². The second kappa shape index (κ2) is 10.0. The maximum Gasteiger partial charge on any atom is 0.325 e. The third-order valence-corrected chi connectivity index (χ3v) is 2.98.